The van der Waals surface area contributed by atoms with Crippen LogP contribution >= 0.6 is 0 Å². The van der Waals surface area contributed by atoms with Crippen LogP contribution in [0.15, 0.2) is 0 Å². The van der Waals surface area contributed by atoms with Gasteiger partial charge in [0.1, 0.15) is 13.2 Å². The molecule has 0 aromatic rings. The Morgan fingerprint density at radius 1 is 0.923 bits per heavy atom. The highest BCUT2D eigenvalue weighted by Crippen LogP contribution is 2.53. The van der Waals surface area contributed by atoms with Crippen LogP contribution in [-0.4, -0.2) is 63.5 Å². The van der Waals surface area contributed by atoms with Crippen LogP contribution < -0.4 is 10.6 Å². The van der Waals surface area contributed by atoms with Gasteiger partial charge in [-0.1, -0.05) is 13.8 Å². The Morgan fingerprint density at radius 3 is 1.65 bits per heavy atom. The lowest BCUT2D eigenvalue weighted by atomic mass is 9.62. The van der Waals surface area contributed by atoms with Crippen LogP contribution in [0.2, 0.25) is 0 Å². The van der Waals surface area contributed by atoms with Gasteiger partial charge in [0.05, 0.1) is 30.5 Å². The molecule has 0 amide bonds. The summed E-state index contributed by atoms with van der Waals surface area (Å²) in [5.41, 5.74) is -0.285. The average molecular weight is 364 g/mol. The SMILES string of the molecule is C[C@]12CN[C@H](C1)[C@H]2C(=O)OCC1(COC(=O)[C@@H]2[C@H]3C[C@]2(C)CN3)COC1. The predicted octanol–water partition coefficient (Wildman–Crippen LogP) is 0.0854. The highest BCUT2D eigenvalue weighted by Gasteiger charge is 2.61. The summed E-state index contributed by atoms with van der Waals surface area (Å²) in [5, 5.41) is 6.74. The summed E-state index contributed by atoms with van der Waals surface area (Å²) in [5.74, 6) is -0.334. The molecule has 0 aromatic carbocycles. The minimum absolute atomic E-state index is 0.0419. The molecule has 0 aromatic heterocycles. The lowest BCUT2D eigenvalue weighted by Gasteiger charge is -2.45. The van der Waals surface area contributed by atoms with Crippen molar-refractivity contribution in [2.24, 2.45) is 28.1 Å². The van der Waals surface area contributed by atoms with E-state index in [9.17, 15) is 9.59 Å². The summed E-state index contributed by atoms with van der Waals surface area (Å²) in [6.45, 7) is 7.53. The number of esters is 2. The van der Waals surface area contributed by atoms with Crippen LogP contribution in [0.5, 0.6) is 0 Å². The molecule has 2 aliphatic carbocycles. The highest BCUT2D eigenvalue weighted by molar-refractivity contribution is 5.77. The van der Waals surface area contributed by atoms with Crippen molar-refractivity contribution in [3.8, 4) is 0 Å². The summed E-state index contributed by atoms with van der Waals surface area (Å²) in [6, 6.07) is 0.530. The third-order valence-electron chi connectivity index (χ3n) is 7.58. The van der Waals surface area contributed by atoms with E-state index in [0.29, 0.717) is 13.2 Å². The van der Waals surface area contributed by atoms with Crippen molar-refractivity contribution in [2.75, 3.05) is 39.5 Å². The van der Waals surface area contributed by atoms with E-state index in [0.717, 1.165) is 25.9 Å². The van der Waals surface area contributed by atoms with Crippen molar-refractivity contribution < 1.29 is 23.8 Å². The fourth-order valence-electron chi connectivity index (χ4n) is 5.74. The van der Waals surface area contributed by atoms with Gasteiger partial charge in [0.25, 0.3) is 0 Å². The first kappa shape index (κ1) is 17.0. The van der Waals surface area contributed by atoms with Crippen LogP contribution in [0.1, 0.15) is 26.7 Å². The molecule has 26 heavy (non-hydrogen) atoms. The van der Waals surface area contributed by atoms with E-state index < -0.39 is 0 Å². The average Bonchev–Trinajstić information content (AvgIpc) is 3.25. The molecule has 2 N–H and O–H groups in total. The fraction of sp³-hybridized carbons (Fsp3) is 0.895. The number of ether oxygens (including phenoxy) is 3. The Bertz CT molecular complexity index is 592. The molecule has 4 bridgehead atoms. The van der Waals surface area contributed by atoms with Crippen molar-refractivity contribution in [3.63, 3.8) is 0 Å². The number of rotatable bonds is 6. The van der Waals surface area contributed by atoms with Gasteiger partial charge in [0.2, 0.25) is 0 Å². The van der Waals surface area contributed by atoms with Crippen LogP contribution in [0.3, 0.4) is 0 Å². The molecule has 0 spiro atoms. The molecule has 5 heterocycles. The van der Waals surface area contributed by atoms with E-state index in [1.54, 1.807) is 0 Å². The number of carbonyl (C=O) groups excluding carboxylic acids is 2. The lowest BCUT2D eigenvalue weighted by Crippen LogP contribution is -2.54. The monoisotopic (exact) mass is 364 g/mol. The predicted molar refractivity (Wildman–Crippen MR) is 91.2 cm³/mol. The summed E-state index contributed by atoms with van der Waals surface area (Å²) in [6.07, 6.45) is 2.10. The van der Waals surface area contributed by atoms with Gasteiger partial charge in [-0.05, 0) is 23.7 Å². The van der Waals surface area contributed by atoms with E-state index in [2.05, 4.69) is 24.5 Å². The maximum atomic E-state index is 12.5. The first-order valence-corrected chi connectivity index (χ1v) is 9.72. The molecule has 7 fully saturated rings. The number of hydrogen-bond acceptors (Lipinski definition) is 7. The molecule has 7 heteroatoms. The number of hydrogen-bond donors (Lipinski definition) is 2. The molecule has 7 rings (SSSR count). The minimum atomic E-state index is -0.375. The Labute approximate surface area is 153 Å². The second-order valence-corrected chi connectivity index (χ2v) is 9.85. The Morgan fingerprint density at radius 2 is 1.38 bits per heavy atom. The van der Waals surface area contributed by atoms with Crippen molar-refractivity contribution in [3.05, 3.63) is 0 Å². The summed E-state index contributed by atoms with van der Waals surface area (Å²) in [4.78, 5) is 25.0. The maximum Gasteiger partial charge on any atom is 0.311 e. The van der Waals surface area contributed by atoms with Gasteiger partial charge < -0.3 is 24.8 Å². The van der Waals surface area contributed by atoms with Gasteiger partial charge in [-0.25, -0.2) is 0 Å². The molecule has 0 unspecified atom stereocenters. The first-order valence-electron chi connectivity index (χ1n) is 9.72. The zero-order chi connectivity index (χ0) is 18.2. The van der Waals surface area contributed by atoms with Gasteiger partial charge >= 0.3 is 11.9 Å². The van der Waals surface area contributed by atoms with Crippen molar-refractivity contribution in [1.29, 1.82) is 0 Å². The van der Waals surface area contributed by atoms with Gasteiger partial charge in [-0.2, -0.15) is 0 Å². The smallest absolute Gasteiger partial charge is 0.311 e. The van der Waals surface area contributed by atoms with Gasteiger partial charge in [0, 0.05) is 25.2 Å². The Hall–Kier alpha value is -1.18. The molecular formula is C19H28N2O5. The van der Waals surface area contributed by atoms with Crippen molar-refractivity contribution in [2.45, 2.75) is 38.8 Å². The molecular weight excluding hydrogens is 336 g/mol. The maximum absolute atomic E-state index is 12.5. The molecule has 7 aliphatic rings. The number of fused-ring (bicyclic) bond motifs is 2. The zero-order valence-corrected chi connectivity index (χ0v) is 15.5. The van der Waals surface area contributed by atoms with Crippen molar-refractivity contribution in [1.82, 2.24) is 10.6 Å². The van der Waals surface area contributed by atoms with E-state index in [-0.39, 0.29) is 65.3 Å². The number of carbonyl (C=O) groups is 2. The third kappa shape index (κ3) is 2.29. The molecule has 0 radical (unpaired) electrons. The van der Waals surface area contributed by atoms with Crippen LogP contribution in [0.25, 0.3) is 0 Å². The van der Waals surface area contributed by atoms with Crippen LogP contribution in [-0.2, 0) is 23.8 Å². The van der Waals surface area contributed by atoms with Gasteiger partial charge in [0.15, 0.2) is 0 Å². The van der Waals surface area contributed by atoms with Crippen molar-refractivity contribution >= 4 is 11.9 Å². The summed E-state index contributed by atoms with van der Waals surface area (Å²) >= 11 is 0. The summed E-state index contributed by atoms with van der Waals surface area (Å²) in [7, 11) is 0. The zero-order valence-electron chi connectivity index (χ0n) is 15.5. The standard InChI is InChI=1S/C19H28N2O5/c1-17-3-11(20-5-17)13(17)15(22)25-9-19(7-24-8-19)10-26-16(23)14-12-4-18(14,2)6-21-12/h11-14,20-21H,3-10H2,1-2H3/t11-,12-,13+,14+,17-,18-/m1/s1. The molecule has 2 saturated carbocycles. The van der Waals surface area contributed by atoms with Gasteiger partial charge in [-0.3, -0.25) is 9.59 Å². The Kier molecular flexibility index (Phi) is 3.54. The second kappa shape index (κ2) is 5.42. The topological polar surface area (TPSA) is 85.9 Å². The number of nitrogens with one attached hydrogen (secondary N) is 2. The molecule has 6 atom stereocenters. The molecule has 144 valence electrons. The fourth-order valence-corrected chi connectivity index (χ4v) is 5.74. The first-order chi connectivity index (χ1) is 12.3. The summed E-state index contributed by atoms with van der Waals surface area (Å²) < 4.78 is 16.6. The third-order valence-corrected chi connectivity index (χ3v) is 7.58. The Balaban J connectivity index is 1.14. The largest absolute Gasteiger partial charge is 0.464 e. The lowest BCUT2D eigenvalue weighted by molar-refractivity contribution is -0.199. The van der Waals surface area contributed by atoms with E-state index in [4.69, 9.17) is 14.2 Å². The van der Waals surface area contributed by atoms with E-state index in [1.165, 1.54) is 0 Å². The molecule has 7 nitrogen and oxygen atoms in total. The molecule has 5 aliphatic heterocycles. The second-order valence-electron chi connectivity index (χ2n) is 9.85. The van der Waals surface area contributed by atoms with Crippen LogP contribution in [0.4, 0.5) is 0 Å². The quantitative estimate of drug-likeness (QED) is 0.646. The molecule has 5 saturated heterocycles. The van der Waals surface area contributed by atoms with Gasteiger partial charge in [-0.15, -0.1) is 0 Å². The van der Waals surface area contributed by atoms with E-state index >= 15 is 0 Å². The van der Waals surface area contributed by atoms with Crippen LogP contribution in [0, 0.1) is 28.1 Å². The van der Waals surface area contributed by atoms with E-state index in [1.807, 2.05) is 0 Å². The minimum Gasteiger partial charge on any atom is -0.464 e. The normalized spacial score (nSPS) is 46.7. The highest BCUT2D eigenvalue weighted by atomic mass is 16.6.